The lowest BCUT2D eigenvalue weighted by molar-refractivity contribution is 0.251. The highest BCUT2D eigenvalue weighted by Gasteiger charge is 2.39. The summed E-state index contributed by atoms with van der Waals surface area (Å²) in [6, 6.07) is 0. The molecule has 0 N–H and O–H groups in total. The van der Waals surface area contributed by atoms with Crippen molar-refractivity contribution in [1.29, 1.82) is 0 Å². The Kier molecular flexibility index (Phi) is 2.07. The van der Waals surface area contributed by atoms with Crippen LogP contribution >= 0.6 is 7.60 Å². The molecule has 0 bridgehead atoms. The summed E-state index contributed by atoms with van der Waals surface area (Å²) in [6.07, 6.45) is 8.76. The first-order valence-corrected chi connectivity index (χ1v) is 4.94. The van der Waals surface area contributed by atoms with Gasteiger partial charge in [-0.15, -0.1) is 12.8 Å². The van der Waals surface area contributed by atoms with Gasteiger partial charge in [-0.3, -0.25) is 13.6 Å². The average Bonchev–Trinajstić information content (AvgIpc) is 2.25. The first-order chi connectivity index (χ1) is 5.09. The van der Waals surface area contributed by atoms with Crippen LogP contribution in [0.3, 0.4) is 0 Å². The van der Waals surface area contributed by atoms with Crippen LogP contribution in [0.25, 0.3) is 0 Å². The van der Waals surface area contributed by atoms with Crippen molar-refractivity contribution < 1.29 is 13.6 Å². The molecule has 58 valence electrons. The third kappa shape index (κ3) is 1.64. The Bertz CT molecular complexity index is 257. The minimum absolute atomic E-state index is 0.671. The molecule has 1 saturated heterocycles. The van der Waals surface area contributed by atoms with E-state index in [-0.39, 0.29) is 0 Å². The lowest BCUT2D eigenvalue weighted by Gasteiger charge is -1.99. The molecule has 0 amide bonds. The molecular formula is C7H7O3P. The molecule has 0 saturated carbocycles. The summed E-state index contributed by atoms with van der Waals surface area (Å²) < 4.78 is 20.8. The molecule has 11 heavy (non-hydrogen) atoms. The van der Waals surface area contributed by atoms with Gasteiger partial charge in [0.2, 0.25) is 0 Å². The van der Waals surface area contributed by atoms with Crippen LogP contribution < -0.4 is 0 Å². The van der Waals surface area contributed by atoms with Crippen LogP contribution in [0, 0.1) is 24.7 Å². The van der Waals surface area contributed by atoms with Crippen molar-refractivity contribution in [2.75, 3.05) is 6.66 Å². The van der Waals surface area contributed by atoms with Gasteiger partial charge >= 0.3 is 7.60 Å². The molecule has 0 aliphatic carbocycles. The predicted octanol–water partition coefficient (Wildman–Crippen LogP) is 0.860. The molecule has 2 unspecified atom stereocenters. The van der Waals surface area contributed by atoms with Crippen LogP contribution in [-0.2, 0) is 13.6 Å². The van der Waals surface area contributed by atoms with Crippen LogP contribution in [0.5, 0.6) is 0 Å². The summed E-state index contributed by atoms with van der Waals surface area (Å²) in [6.45, 7) is 1.34. The third-order valence-corrected chi connectivity index (χ3v) is 2.43. The maximum absolute atomic E-state index is 11.1. The molecule has 0 aromatic heterocycles. The summed E-state index contributed by atoms with van der Waals surface area (Å²) >= 11 is 0. The van der Waals surface area contributed by atoms with Gasteiger partial charge in [0.15, 0.2) is 12.2 Å². The van der Waals surface area contributed by atoms with E-state index in [1.807, 2.05) is 0 Å². The van der Waals surface area contributed by atoms with E-state index in [4.69, 9.17) is 21.9 Å². The Hall–Kier alpha value is -0.730. The Labute approximate surface area is 65.6 Å². The lowest BCUT2D eigenvalue weighted by atomic mass is 10.2. The van der Waals surface area contributed by atoms with Crippen molar-refractivity contribution >= 4 is 7.60 Å². The molecule has 0 aromatic carbocycles. The van der Waals surface area contributed by atoms with Gasteiger partial charge in [-0.05, 0) is 0 Å². The largest absolute Gasteiger partial charge is 0.330 e. The Morgan fingerprint density at radius 2 is 1.64 bits per heavy atom. The van der Waals surface area contributed by atoms with E-state index < -0.39 is 19.8 Å². The number of terminal acetylenes is 2. The second-order valence-electron chi connectivity index (χ2n) is 2.16. The van der Waals surface area contributed by atoms with Crippen molar-refractivity contribution in [2.24, 2.45) is 0 Å². The monoisotopic (exact) mass is 170 g/mol. The highest BCUT2D eigenvalue weighted by molar-refractivity contribution is 7.53. The molecule has 0 aromatic rings. The van der Waals surface area contributed by atoms with Crippen LogP contribution in [0.1, 0.15) is 0 Å². The molecule has 1 aliphatic heterocycles. The maximum atomic E-state index is 11.1. The highest BCUT2D eigenvalue weighted by Crippen LogP contribution is 2.52. The lowest BCUT2D eigenvalue weighted by Crippen LogP contribution is -2.17. The van der Waals surface area contributed by atoms with E-state index in [0.29, 0.717) is 0 Å². The van der Waals surface area contributed by atoms with E-state index >= 15 is 0 Å². The first-order valence-electron chi connectivity index (χ1n) is 2.95. The number of rotatable bonds is 0. The fourth-order valence-corrected chi connectivity index (χ4v) is 2.00. The van der Waals surface area contributed by atoms with Gasteiger partial charge in [-0.25, -0.2) is 0 Å². The van der Waals surface area contributed by atoms with E-state index in [9.17, 15) is 4.57 Å². The molecule has 1 rings (SSSR count). The van der Waals surface area contributed by atoms with Crippen LogP contribution in [-0.4, -0.2) is 18.9 Å². The minimum atomic E-state index is -2.97. The smallest absolute Gasteiger partial charge is 0.288 e. The summed E-state index contributed by atoms with van der Waals surface area (Å²) in [5.74, 6) is 4.52. The second kappa shape index (κ2) is 2.72. The molecule has 3 nitrogen and oxygen atoms in total. The molecule has 1 fully saturated rings. The Balaban J connectivity index is 2.82. The van der Waals surface area contributed by atoms with Crippen molar-refractivity contribution in [3.63, 3.8) is 0 Å². The summed E-state index contributed by atoms with van der Waals surface area (Å²) in [7, 11) is -2.97. The van der Waals surface area contributed by atoms with Gasteiger partial charge in [0.25, 0.3) is 0 Å². The molecular weight excluding hydrogens is 163 g/mol. The third-order valence-electron chi connectivity index (χ3n) is 1.21. The van der Waals surface area contributed by atoms with E-state index in [2.05, 4.69) is 11.8 Å². The average molecular weight is 170 g/mol. The minimum Gasteiger partial charge on any atom is -0.288 e. The quantitative estimate of drug-likeness (QED) is 0.399. The van der Waals surface area contributed by atoms with Crippen LogP contribution in [0.4, 0.5) is 0 Å². The zero-order valence-electron chi connectivity index (χ0n) is 5.98. The Morgan fingerprint density at radius 3 is 1.91 bits per heavy atom. The summed E-state index contributed by atoms with van der Waals surface area (Å²) in [5, 5.41) is 0. The van der Waals surface area contributed by atoms with E-state index in [1.165, 1.54) is 6.66 Å². The Morgan fingerprint density at radius 1 is 1.27 bits per heavy atom. The molecule has 1 heterocycles. The van der Waals surface area contributed by atoms with Gasteiger partial charge in [-0.2, -0.15) is 0 Å². The molecule has 0 radical (unpaired) electrons. The summed E-state index contributed by atoms with van der Waals surface area (Å²) in [5.41, 5.74) is 0. The van der Waals surface area contributed by atoms with Gasteiger partial charge < -0.3 is 0 Å². The van der Waals surface area contributed by atoms with Crippen molar-refractivity contribution in [2.45, 2.75) is 12.2 Å². The van der Waals surface area contributed by atoms with Gasteiger partial charge in [0, 0.05) is 6.66 Å². The molecule has 4 heteroatoms. The fraction of sp³-hybridized carbons (Fsp3) is 0.429. The normalized spacial score (nSPS) is 42.8. The second-order valence-corrected chi connectivity index (χ2v) is 4.12. The van der Waals surface area contributed by atoms with E-state index in [1.54, 1.807) is 0 Å². The first kappa shape index (κ1) is 8.37. The zero-order chi connectivity index (χ0) is 8.48. The molecule has 2 atom stereocenters. The van der Waals surface area contributed by atoms with E-state index in [0.717, 1.165) is 0 Å². The molecule has 0 spiro atoms. The van der Waals surface area contributed by atoms with Gasteiger partial charge in [0.1, 0.15) is 0 Å². The maximum Gasteiger partial charge on any atom is 0.330 e. The van der Waals surface area contributed by atoms with Crippen molar-refractivity contribution in [3.8, 4) is 24.7 Å². The predicted molar refractivity (Wildman–Crippen MR) is 40.9 cm³/mol. The topological polar surface area (TPSA) is 35.5 Å². The standard InChI is InChI=1S/C7H7O3P/c1-4-6-7(5-2)10-11(3,8)9-6/h1-2,6-7H,3H3. The van der Waals surface area contributed by atoms with Crippen LogP contribution in [0.15, 0.2) is 0 Å². The highest BCUT2D eigenvalue weighted by atomic mass is 31.2. The number of hydrogen-bond acceptors (Lipinski definition) is 3. The number of hydrogen-bond donors (Lipinski definition) is 0. The van der Waals surface area contributed by atoms with Gasteiger partial charge in [0.05, 0.1) is 0 Å². The van der Waals surface area contributed by atoms with Crippen molar-refractivity contribution in [3.05, 3.63) is 0 Å². The van der Waals surface area contributed by atoms with Crippen molar-refractivity contribution in [1.82, 2.24) is 0 Å². The fourth-order valence-electron chi connectivity index (χ4n) is 0.784. The van der Waals surface area contributed by atoms with Gasteiger partial charge in [-0.1, -0.05) is 11.8 Å². The zero-order valence-corrected chi connectivity index (χ0v) is 6.88. The molecule has 1 aliphatic rings. The van der Waals surface area contributed by atoms with Crippen LogP contribution in [0.2, 0.25) is 0 Å². The summed E-state index contributed by atoms with van der Waals surface area (Å²) in [4.78, 5) is 0. The SMILES string of the molecule is C#CC1OP(C)(=O)OC1C#C.